The molecule has 188 valence electrons. The van der Waals surface area contributed by atoms with E-state index in [2.05, 4.69) is 10.3 Å². The van der Waals surface area contributed by atoms with Gasteiger partial charge in [0.2, 0.25) is 15.9 Å². The first-order valence-corrected chi connectivity index (χ1v) is 12.7. The van der Waals surface area contributed by atoms with Crippen LogP contribution in [0.25, 0.3) is 0 Å². The summed E-state index contributed by atoms with van der Waals surface area (Å²) in [6.45, 7) is 2.18. The number of aliphatic imine (C=N–C) groups is 1. The van der Waals surface area contributed by atoms with Gasteiger partial charge >= 0.3 is 5.97 Å². The Morgan fingerprint density at radius 1 is 1.14 bits per heavy atom. The van der Waals surface area contributed by atoms with Crippen molar-refractivity contribution in [3.8, 4) is 0 Å². The maximum Gasteiger partial charge on any atom is 0.328 e. The summed E-state index contributed by atoms with van der Waals surface area (Å²) in [6.07, 6.45) is 0.815. The summed E-state index contributed by atoms with van der Waals surface area (Å²) in [6, 6.07) is 11.9. The highest BCUT2D eigenvalue weighted by molar-refractivity contribution is 7.89. The molecule has 5 N–H and O–H groups in total. The minimum Gasteiger partial charge on any atom is -0.467 e. The Bertz CT molecular complexity index is 1190. The molecule has 0 saturated carbocycles. The van der Waals surface area contributed by atoms with Gasteiger partial charge in [-0.05, 0) is 49.4 Å². The van der Waals surface area contributed by atoms with Crippen LogP contribution in [0.2, 0.25) is 0 Å². The fraction of sp³-hybridized carbons (Fsp3) is 0.375. The van der Waals surface area contributed by atoms with E-state index < -0.39 is 34.0 Å². The number of amides is 1. The zero-order valence-electron chi connectivity index (χ0n) is 19.8. The number of carbonyl (C=O) groups is 2. The van der Waals surface area contributed by atoms with Crippen molar-refractivity contribution in [1.29, 1.82) is 0 Å². The van der Waals surface area contributed by atoms with Crippen molar-refractivity contribution in [2.45, 2.75) is 49.7 Å². The van der Waals surface area contributed by atoms with Gasteiger partial charge in [0.25, 0.3) is 0 Å². The lowest BCUT2D eigenvalue weighted by Crippen LogP contribution is -2.55. The largest absolute Gasteiger partial charge is 0.467 e. The van der Waals surface area contributed by atoms with Crippen LogP contribution >= 0.6 is 0 Å². The molecule has 1 aliphatic rings. The first kappa shape index (κ1) is 26.2. The van der Waals surface area contributed by atoms with Crippen LogP contribution in [0, 0.1) is 6.92 Å². The van der Waals surface area contributed by atoms with E-state index in [4.69, 9.17) is 16.2 Å². The van der Waals surface area contributed by atoms with Crippen molar-refractivity contribution in [3.63, 3.8) is 0 Å². The highest BCUT2D eigenvalue weighted by Crippen LogP contribution is 2.29. The van der Waals surface area contributed by atoms with Crippen LogP contribution in [-0.2, 0) is 37.3 Å². The van der Waals surface area contributed by atoms with Crippen molar-refractivity contribution < 1.29 is 22.7 Å². The molecule has 0 aromatic heterocycles. The van der Waals surface area contributed by atoms with Gasteiger partial charge in [0.15, 0.2) is 5.96 Å². The fourth-order valence-electron chi connectivity index (χ4n) is 3.98. The van der Waals surface area contributed by atoms with E-state index >= 15 is 0 Å². The van der Waals surface area contributed by atoms with Gasteiger partial charge in [0.1, 0.15) is 12.1 Å². The molecule has 0 bridgehead atoms. The lowest BCUT2D eigenvalue weighted by molar-refractivity contribution is -0.145. The molecule has 2 unspecified atom stereocenters. The number of sulfonamides is 1. The van der Waals surface area contributed by atoms with Gasteiger partial charge in [0, 0.05) is 13.1 Å². The number of fused-ring (bicyclic) bond motifs is 1. The molecule has 1 amide bonds. The molecule has 2 aromatic rings. The Morgan fingerprint density at radius 2 is 1.80 bits per heavy atom. The highest BCUT2D eigenvalue weighted by atomic mass is 32.2. The van der Waals surface area contributed by atoms with Crippen molar-refractivity contribution in [1.82, 2.24) is 9.62 Å². The van der Waals surface area contributed by atoms with E-state index in [9.17, 15) is 18.0 Å². The summed E-state index contributed by atoms with van der Waals surface area (Å²) in [4.78, 5) is 29.7. The molecule has 2 aromatic carbocycles. The van der Waals surface area contributed by atoms with Gasteiger partial charge in [0.05, 0.1) is 12.0 Å². The second kappa shape index (κ2) is 11.3. The smallest absolute Gasteiger partial charge is 0.328 e. The van der Waals surface area contributed by atoms with E-state index in [0.29, 0.717) is 6.42 Å². The predicted octanol–water partition coefficient (Wildman–Crippen LogP) is 0.822. The molecule has 35 heavy (non-hydrogen) atoms. The third-order valence-electron chi connectivity index (χ3n) is 5.88. The number of nitrogens with zero attached hydrogens (tertiary/aromatic N) is 2. The quantitative estimate of drug-likeness (QED) is 0.199. The number of methoxy groups -OCH3 is 1. The van der Waals surface area contributed by atoms with Crippen molar-refractivity contribution in [2.24, 2.45) is 16.5 Å². The number of ether oxygens (including phenoxy) is 1. The molecule has 11 heteroatoms. The average molecular weight is 502 g/mol. The number of hydrogen-bond donors (Lipinski definition) is 3. The average Bonchev–Trinajstić information content (AvgIpc) is 2.84. The van der Waals surface area contributed by atoms with E-state index in [1.54, 1.807) is 12.1 Å². The molecule has 0 radical (unpaired) electrons. The van der Waals surface area contributed by atoms with Gasteiger partial charge in [-0.15, -0.1) is 0 Å². The third-order valence-corrected chi connectivity index (χ3v) is 7.75. The lowest BCUT2D eigenvalue weighted by atomic mass is 9.95. The maximum absolute atomic E-state index is 13.6. The SMILES string of the molecule is COC(=O)C(CCCN=C(N)N)NC(=O)C1Cc2ccccc2CN1S(=O)(=O)c1ccc(C)cc1. The van der Waals surface area contributed by atoms with Crippen LogP contribution in [0.1, 0.15) is 29.5 Å². The van der Waals surface area contributed by atoms with Gasteiger partial charge in [-0.2, -0.15) is 4.31 Å². The molecular weight excluding hydrogens is 470 g/mol. The van der Waals surface area contributed by atoms with Crippen LogP contribution in [-0.4, -0.2) is 56.3 Å². The predicted molar refractivity (Wildman–Crippen MR) is 132 cm³/mol. The molecule has 0 fully saturated rings. The third kappa shape index (κ3) is 6.37. The molecule has 1 heterocycles. The van der Waals surface area contributed by atoms with E-state index in [1.165, 1.54) is 23.5 Å². The minimum absolute atomic E-state index is 0.0395. The molecular formula is C24H31N5O5S. The van der Waals surface area contributed by atoms with Crippen molar-refractivity contribution >= 4 is 27.9 Å². The summed E-state index contributed by atoms with van der Waals surface area (Å²) in [5, 5.41) is 2.69. The zero-order valence-corrected chi connectivity index (χ0v) is 20.6. The molecule has 10 nitrogen and oxygen atoms in total. The summed E-state index contributed by atoms with van der Waals surface area (Å²) >= 11 is 0. The first-order valence-electron chi connectivity index (χ1n) is 11.2. The summed E-state index contributed by atoms with van der Waals surface area (Å²) in [5.74, 6) is -1.28. The number of guanidine groups is 1. The van der Waals surface area contributed by atoms with Crippen LogP contribution in [0.15, 0.2) is 58.4 Å². The van der Waals surface area contributed by atoms with Gasteiger partial charge in [-0.3, -0.25) is 9.79 Å². The molecule has 3 rings (SSSR count). The zero-order chi connectivity index (χ0) is 25.6. The molecule has 1 aliphatic heterocycles. The second-order valence-electron chi connectivity index (χ2n) is 8.39. The first-order chi connectivity index (χ1) is 16.6. The maximum atomic E-state index is 13.6. The number of rotatable bonds is 9. The number of carbonyl (C=O) groups excluding carboxylic acids is 2. The van der Waals surface area contributed by atoms with Gasteiger partial charge in [-0.25, -0.2) is 13.2 Å². The number of aryl methyl sites for hydroxylation is 1. The van der Waals surface area contributed by atoms with E-state index in [0.717, 1.165) is 16.7 Å². The molecule has 0 saturated heterocycles. The monoisotopic (exact) mass is 501 g/mol. The lowest BCUT2D eigenvalue weighted by Gasteiger charge is -2.35. The van der Waals surface area contributed by atoms with Crippen LogP contribution in [0.4, 0.5) is 0 Å². The minimum atomic E-state index is -4.00. The molecule has 0 spiro atoms. The van der Waals surface area contributed by atoms with E-state index in [-0.39, 0.29) is 36.8 Å². The normalized spacial score (nSPS) is 16.6. The standard InChI is InChI=1S/C24H31N5O5S/c1-16-9-11-19(12-10-16)35(32,33)29-15-18-7-4-3-6-17(18)14-21(29)22(30)28-20(23(31)34-2)8-5-13-27-24(25)26/h3-4,6-7,9-12,20-21H,5,8,13-15H2,1-2H3,(H,28,30)(H4,25,26,27). The summed E-state index contributed by atoms with van der Waals surface area (Å²) in [5.41, 5.74) is 13.3. The Kier molecular flexibility index (Phi) is 8.47. The van der Waals surface area contributed by atoms with Crippen molar-refractivity contribution in [2.75, 3.05) is 13.7 Å². The summed E-state index contributed by atoms with van der Waals surface area (Å²) in [7, 11) is -2.77. The van der Waals surface area contributed by atoms with Gasteiger partial charge in [-0.1, -0.05) is 42.0 Å². The Morgan fingerprint density at radius 3 is 2.43 bits per heavy atom. The highest BCUT2D eigenvalue weighted by Gasteiger charge is 2.40. The second-order valence-corrected chi connectivity index (χ2v) is 10.3. The molecule has 0 aliphatic carbocycles. The van der Waals surface area contributed by atoms with E-state index in [1.807, 2.05) is 31.2 Å². The number of esters is 1. The number of nitrogens with two attached hydrogens (primary N) is 2. The Labute approximate surface area is 205 Å². The number of hydrogen-bond acceptors (Lipinski definition) is 6. The van der Waals surface area contributed by atoms with Gasteiger partial charge < -0.3 is 21.5 Å². The van der Waals surface area contributed by atoms with Crippen LogP contribution in [0.3, 0.4) is 0 Å². The number of nitrogens with one attached hydrogen (secondary N) is 1. The van der Waals surface area contributed by atoms with Crippen LogP contribution < -0.4 is 16.8 Å². The fourth-order valence-corrected chi connectivity index (χ4v) is 5.55. The van der Waals surface area contributed by atoms with Crippen LogP contribution in [0.5, 0.6) is 0 Å². The molecule has 2 atom stereocenters. The number of benzene rings is 2. The van der Waals surface area contributed by atoms with Crippen molar-refractivity contribution in [3.05, 3.63) is 65.2 Å². The topological polar surface area (TPSA) is 157 Å². The summed E-state index contributed by atoms with van der Waals surface area (Å²) < 4.78 is 33.2. The Hall–Kier alpha value is -3.44. The Balaban J connectivity index is 1.89.